The fourth-order valence-corrected chi connectivity index (χ4v) is 2.02. The minimum Gasteiger partial charge on any atom is -0.192 e. The molecule has 0 aliphatic heterocycles. The molecule has 0 aliphatic carbocycles. The summed E-state index contributed by atoms with van der Waals surface area (Å²) in [5.74, 6) is 0.475. The van der Waals surface area contributed by atoms with E-state index in [1.54, 1.807) is 11.3 Å². The highest BCUT2D eigenvalue weighted by molar-refractivity contribution is 7.12. The molecule has 1 aromatic rings. The lowest BCUT2D eigenvalue weighted by Gasteiger charge is -1.99. The Balaban J connectivity index is 3.15. The number of nitrogens with zero attached hydrogens (tertiary/aromatic N) is 1. The van der Waals surface area contributed by atoms with Crippen molar-refractivity contribution in [2.45, 2.75) is 26.7 Å². The van der Waals surface area contributed by atoms with Crippen LogP contribution in [0.15, 0.2) is 6.07 Å². The van der Waals surface area contributed by atoms with E-state index in [-0.39, 0.29) is 0 Å². The normalized spacial score (nSPS) is 10.1. The number of thiophene rings is 1. The molecule has 0 atom stereocenters. The molecule has 0 spiro atoms. The van der Waals surface area contributed by atoms with Crippen LogP contribution in [0, 0.1) is 18.3 Å². The molecule has 58 valence electrons. The molecule has 0 N–H and O–H groups in total. The second-order valence-corrected chi connectivity index (χ2v) is 4.19. The Bertz CT molecular complexity index is 291. The Morgan fingerprint density at radius 3 is 2.55 bits per heavy atom. The highest BCUT2D eigenvalue weighted by Crippen LogP contribution is 2.27. The largest absolute Gasteiger partial charge is 0.192 e. The van der Waals surface area contributed by atoms with Gasteiger partial charge < -0.3 is 0 Å². The van der Waals surface area contributed by atoms with E-state index in [2.05, 4.69) is 19.9 Å². The summed E-state index contributed by atoms with van der Waals surface area (Å²) in [5.41, 5.74) is 0.850. The number of nitriles is 1. The lowest BCUT2D eigenvalue weighted by Crippen LogP contribution is -1.84. The fourth-order valence-electron chi connectivity index (χ4n) is 1.05. The zero-order chi connectivity index (χ0) is 8.43. The van der Waals surface area contributed by atoms with E-state index in [1.807, 2.05) is 13.0 Å². The van der Waals surface area contributed by atoms with E-state index in [9.17, 15) is 0 Å². The summed E-state index contributed by atoms with van der Waals surface area (Å²) in [6, 6.07) is 4.17. The third kappa shape index (κ3) is 1.61. The molecule has 0 saturated carbocycles. The second kappa shape index (κ2) is 3.06. The molecule has 11 heavy (non-hydrogen) atoms. The van der Waals surface area contributed by atoms with E-state index >= 15 is 0 Å². The van der Waals surface area contributed by atoms with Crippen molar-refractivity contribution in [1.29, 1.82) is 5.26 Å². The first-order chi connectivity index (χ1) is 5.15. The first-order valence-electron chi connectivity index (χ1n) is 3.65. The van der Waals surface area contributed by atoms with Crippen molar-refractivity contribution in [1.82, 2.24) is 0 Å². The number of aryl methyl sites for hydroxylation is 1. The maximum atomic E-state index is 8.74. The summed E-state index contributed by atoms with van der Waals surface area (Å²) in [6.45, 7) is 6.27. The molecule has 0 fully saturated rings. The predicted octanol–water partition coefficient (Wildman–Crippen LogP) is 3.05. The minimum atomic E-state index is 0.475. The third-order valence-electron chi connectivity index (χ3n) is 1.53. The van der Waals surface area contributed by atoms with Gasteiger partial charge in [0.15, 0.2) is 0 Å². The molecule has 1 rings (SSSR count). The van der Waals surface area contributed by atoms with Crippen LogP contribution in [-0.4, -0.2) is 0 Å². The molecule has 0 aliphatic rings. The van der Waals surface area contributed by atoms with Crippen LogP contribution in [0.2, 0.25) is 0 Å². The van der Waals surface area contributed by atoms with Gasteiger partial charge in [-0.2, -0.15) is 5.26 Å². The van der Waals surface area contributed by atoms with Crippen molar-refractivity contribution in [3.8, 4) is 6.07 Å². The Morgan fingerprint density at radius 2 is 2.18 bits per heavy atom. The van der Waals surface area contributed by atoms with Crippen molar-refractivity contribution >= 4 is 11.3 Å². The molecule has 0 saturated heterocycles. The van der Waals surface area contributed by atoms with Gasteiger partial charge in [0.1, 0.15) is 6.07 Å². The highest BCUT2D eigenvalue weighted by atomic mass is 32.1. The zero-order valence-corrected chi connectivity index (χ0v) is 7.83. The van der Waals surface area contributed by atoms with Gasteiger partial charge in [0.05, 0.1) is 5.56 Å². The standard InChI is InChI=1S/C9H11NS/c1-6(2)9-8(5-10)4-7(3)11-9/h4,6H,1-3H3. The van der Waals surface area contributed by atoms with Crippen LogP contribution >= 0.6 is 11.3 Å². The second-order valence-electron chi connectivity index (χ2n) is 2.90. The Kier molecular flexibility index (Phi) is 2.31. The SMILES string of the molecule is Cc1cc(C#N)c(C(C)C)s1. The van der Waals surface area contributed by atoms with Gasteiger partial charge in [0, 0.05) is 9.75 Å². The molecule has 1 nitrogen and oxygen atoms in total. The predicted molar refractivity (Wildman–Crippen MR) is 47.9 cm³/mol. The van der Waals surface area contributed by atoms with Crippen molar-refractivity contribution in [2.75, 3.05) is 0 Å². The van der Waals surface area contributed by atoms with Crippen molar-refractivity contribution in [3.63, 3.8) is 0 Å². The van der Waals surface area contributed by atoms with Crippen molar-refractivity contribution in [2.24, 2.45) is 0 Å². The lowest BCUT2D eigenvalue weighted by atomic mass is 10.1. The fraction of sp³-hybridized carbons (Fsp3) is 0.444. The summed E-state index contributed by atoms with van der Waals surface area (Å²) in [4.78, 5) is 2.44. The average Bonchev–Trinajstić information content (AvgIpc) is 2.30. The van der Waals surface area contributed by atoms with Gasteiger partial charge in [-0.25, -0.2) is 0 Å². The van der Waals surface area contributed by atoms with E-state index in [0.29, 0.717) is 5.92 Å². The monoisotopic (exact) mass is 165 g/mol. The van der Waals surface area contributed by atoms with E-state index in [1.165, 1.54) is 9.75 Å². The summed E-state index contributed by atoms with van der Waals surface area (Å²) >= 11 is 1.72. The van der Waals surface area contributed by atoms with Crippen LogP contribution in [-0.2, 0) is 0 Å². The van der Waals surface area contributed by atoms with Crippen LogP contribution in [0.1, 0.15) is 35.1 Å². The number of hydrogen-bond donors (Lipinski definition) is 0. The molecule has 1 heterocycles. The average molecular weight is 165 g/mol. The number of hydrogen-bond acceptors (Lipinski definition) is 2. The molecule has 0 amide bonds. The summed E-state index contributed by atoms with van der Waals surface area (Å²) in [6.07, 6.45) is 0. The van der Waals surface area contributed by atoms with Crippen LogP contribution in [0.4, 0.5) is 0 Å². The lowest BCUT2D eigenvalue weighted by molar-refractivity contribution is 0.886. The van der Waals surface area contributed by atoms with Gasteiger partial charge >= 0.3 is 0 Å². The highest BCUT2D eigenvalue weighted by Gasteiger charge is 2.08. The smallest absolute Gasteiger partial charge is 0.100 e. The minimum absolute atomic E-state index is 0.475. The van der Waals surface area contributed by atoms with Gasteiger partial charge in [-0.3, -0.25) is 0 Å². The van der Waals surface area contributed by atoms with Crippen molar-refractivity contribution in [3.05, 3.63) is 21.4 Å². The van der Waals surface area contributed by atoms with E-state index < -0.39 is 0 Å². The van der Waals surface area contributed by atoms with Crippen LogP contribution < -0.4 is 0 Å². The van der Waals surface area contributed by atoms with E-state index in [0.717, 1.165) is 5.56 Å². The maximum absolute atomic E-state index is 8.74. The maximum Gasteiger partial charge on any atom is 0.100 e. The molecule has 0 bridgehead atoms. The zero-order valence-electron chi connectivity index (χ0n) is 7.01. The third-order valence-corrected chi connectivity index (χ3v) is 2.88. The van der Waals surface area contributed by atoms with Crippen molar-refractivity contribution < 1.29 is 0 Å². The Labute approximate surface area is 71.3 Å². The molecule has 2 heteroatoms. The Morgan fingerprint density at radius 1 is 1.55 bits per heavy atom. The van der Waals surface area contributed by atoms with Crippen LogP contribution in [0.5, 0.6) is 0 Å². The Hall–Kier alpha value is -0.810. The molecular formula is C9H11NS. The van der Waals surface area contributed by atoms with Gasteiger partial charge in [0.2, 0.25) is 0 Å². The van der Waals surface area contributed by atoms with Gasteiger partial charge in [-0.1, -0.05) is 13.8 Å². The first kappa shape index (κ1) is 8.29. The van der Waals surface area contributed by atoms with Gasteiger partial charge in [-0.05, 0) is 18.9 Å². The van der Waals surface area contributed by atoms with Crippen LogP contribution in [0.25, 0.3) is 0 Å². The molecule has 0 aromatic carbocycles. The molecule has 0 unspecified atom stereocenters. The number of rotatable bonds is 1. The molecule has 0 radical (unpaired) electrons. The summed E-state index contributed by atoms with van der Waals surface area (Å²) in [7, 11) is 0. The van der Waals surface area contributed by atoms with Gasteiger partial charge in [0.25, 0.3) is 0 Å². The first-order valence-corrected chi connectivity index (χ1v) is 4.47. The van der Waals surface area contributed by atoms with Gasteiger partial charge in [-0.15, -0.1) is 11.3 Å². The quantitative estimate of drug-likeness (QED) is 0.627. The topological polar surface area (TPSA) is 23.8 Å². The summed E-state index contributed by atoms with van der Waals surface area (Å²) < 4.78 is 0. The van der Waals surface area contributed by atoms with Crippen LogP contribution in [0.3, 0.4) is 0 Å². The molecular weight excluding hydrogens is 154 g/mol. The molecule has 1 aromatic heterocycles. The summed E-state index contributed by atoms with van der Waals surface area (Å²) in [5, 5.41) is 8.74. The van der Waals surface area contributed by atoms with E-state index in [4.69, 9.17) is 5.26 Å².